The van der Waals surface area contributed by atoms with E-state index in [4.69, 9.17) is 5.73 Å². The molecule has 0 aliphatic carbocycles. The van der Waals surface area contributed by atoms with Gasteiger partial charge in [0.1, 0.15) is 15.1 Å². The van der Waals surface area contributed by atoms with Gasteiger partial charge in [-0.25, -0.2) is 13.4 Å². The fourth-order valence-corrected chi connectivity index (χ4v) is 4.41. The molecular weight excluding hydrogens is 331 g/mol. The van der Waals surface area contributed by atoms with Crippen LogP contribution >= 0.6 is 11.3 Å². The Morgan fingerprint density at radius 1 is 1.14 bits per heavy atom. The summed E-state index contributed by atoms with van der Waals surface area (Å²) < 4.78 is 34.8. The van der Waals surface area contributed by atoms with Crippen molar-refractivity contribution in [3.05, 3.63) is 42.0 Å². The zero-order chi connectivity index (χ0) is 15.2. The van der Waals surface area contributed by atoms with Crippen LogP contribution in [-0.4, -0.2) is 18.0 Å². The zero-order valence-electron chi connectivity index (χ0n) is 12.0. The van der Waals surface area contributed by atoms with E-state index in [-0.39, 0.29) is 34.5 Å². The molecule has 0 spiro atoms. The third-order valence-electron chi connectivity index (χ3n) is 3.12. The number of thiazole rings is 1. The van der Waals surface area contributed by atoms with Crippen molar-refractivity contribution >= 4 is 37.4 Å². The topological polar surface area (TPSA) is 96.1 Å². The van der Waals surface area contributed by atoms with Crippen molar-refractivity contribution in [3.8, 4) is 10.6 Å². The van der Waals surface area contributed by atoms with Gasteiger partial charge in [-0.2, -0.15) is 0 Å². The molecule has 5 nitrogen and oxygen atoms in total. The second-order valence-electron chi connectivity index (χ2n) is 4.65. The number of nitrogens with zero attached hydrogens (tertiary/aromatic N) is 1. The van der Waals surface area contributed by atoms with Gasteiger partial charge in [-0.05, 0) is 42.8 Å². The molecule has 8 heteroatoms. The molecule has 0 aliphatic heterocycles. The van der Waals surface area contributed by atoms with Crippen molar-refractivity contribution in [2.75, 3.05) is 5.73 Å². The van der Waals surface area contributed by atoms with Crippen LogP contribution in [0.1, 0.15) is 5.56 Å². The first-order valence-corrected chi connectivity index (χ1v) is 8.31. The number of fused-ring (bicyclic) bond motifs is 1. The van der Waals surface area contributed by atoms with Gasteiger partial charge in [0.15, 0.2) is 0 Å². The zero-order valence-corrected chi connectivity index (χ0v) is 15.7. The van der Waals surface area contributed by atoms with E-state index in [1.807, 2.05) is 12.1 Å². The molecule has 1 heterocycles. The summed E-state index contributed by atoms with van der Waals surface area (Å²) in [4.78, 5) is 4.22. The molecule has 0 unspecified atom stereocenters. The van der Waals surface area contributed by atoms with Gasteiger partial charge in [0.05, 0.1) is 15.1 Å². The Kier molecular flexibility index (Phi) is 4.96. The first-order valence-electron chi connectivity index (χ1n) is 6.08. The van der Waals surface area contributed by atoms with Crippen molar-refractivity contribution in [2.24, 2.45) is 0 Å². The molecule has 0 amide bonds. The summed E-state index contributed by atoms with van der Waals surface area (Å²) in [6, 6.07) is 10.4. The van der Waals surface area contributed by atoms with Crippen LogP contribution < -0.4 is 35.3 Å². The number of aryl methyl sites for hydroxylation is 1. The smallest absolute Gasteiger partial charge is 0.744 e. The summed E-state index contributed by atoms with van der Waals surface area (Å²) in [6.45, 7) is 1.60. The monoisotopic (exact) mass is 342 g/mol. The predicted octanol–water partition coefficient (Wildman–Crippen LogP) is -0.238. The summed E-state index contributed by atoms with van der Waals surface area (Å²) in [5, 5.41) is 0.653. The van der Waals surface area contributed by atoms with E-state index in [9.17, 15) is 13.0 Å². The summed E-state index contributed by atoms with van der Waals surface area (Å²) >= 11 is 1.19. The number of nitrogens with two attached hydrogens (primary N) is 1. The second-order valence-corrected chi connectivity index (χ2v) is 6.97. The van der Waals surface area contributed by atoms with Crippen LogP contribution in [0.25, 0.3) is 20.8 Å². The Hall–Kier alpha value is -0.960. The van der Waals surface area contributed by atoms with E-state index in [1.165, 1.54) is 11.3 Å². The van der Waals surface area contributed by atoms with E-state index in [1.54, 1.807) is 31.2 Å². The maximum atomic E-state index is 11.5. The molecule has 2 aromatic carbocycles. The quantitative estimate of drug-likeness (QED) is 0.394. The molecule has 0 radical (unpaired) electrons. The maximum absolute atomic E-state index is 11.5. The van der Waals surface area contributed by atoms with Gasteiger partial charge in [0.2, 0.25) is 0 Å². The van der Waals surface area contributed by atoms with Crippen LogP contribution in [-0.2, 0) is 10.1 Å². The summed E-state index contributed by atoms with van der Waals surface area (Å²) in [6.07, 6.45) is 0. The number of hydrogen-bond donors (Lipinski definition) is 1. The Bertz CT molecular complexity index is 935. The Balaban J connectivity index is 0.00000176. The summed E-state index contributed by atoms with van der Waals surface area (Å²) in [5.74, 6) is 0. The molecule has 1 aromatic heterocycles. The van der Waals surface area contributed by atoms with E-state index >= 15 is 0 Å². The molecule has 0 saturated carbocycles. The van der Waals surface area contributed by atoms with Crippen LogP contribution in [0, 0.1) is 6.92 Å². The number of aromatic nitrogens is 1. The van der Waals surface area contributed by atoms with Gasteiger partial charge in [0, 0.05) is 11.3 Å². The van der Waals surface area contributed by atoms with Crippen molar-refractivity contribution in [2.45, 2.75) is 11.8 Å². The van der Waals surface area contributed by atoms with E-state index in [0.717, 1.165) is 5.56 Å². The van der Waals surface area contributed by atoms with E-state index < -0.39 is 10.1 Å². The van der Waals surface area contributed by atoms with Crippen LogP contribution in [0.5, 0.6) is 0 Å². The molecule has 3 aromatic rings. The Morgan fingerprint density at radius 2 is 1.77 bits per heavy atom. The molecule has 3 rings (SSSR count). The van der Waals surface area contributed by atoms with Gasteiger partial charge < -0.3 is 10.3 Å². The molecule has 0 saturated heterocycles. The summed E-state index contributed by atoms with van der Waals surface area (Å²) in [7, 11) is -4.54. The standard InChI is InChI=1S/C14H12N2O3S2.Na/c1-8-2-7-11-12(13(8)21(17,18)19)20-14(16-11)9-3-5-10(15)6-4-9;/h2-7H,15H2,1H3,(H,17,18,19);/q;+1/p-1. The first kappa shape index (κ1) is 17.4. The maximum Gasteiger partial charge on any atom is 1.00 e. The Labute approximate surface area is 154 Å². The Morgan fingerprint density at radius 3 is 2.36 bits per heavy atom. The normalized spacial score (nSPS) is 11.4. The van der Waals surface area contributed by atoms with Gasteiger partial charge in [0.25, 0.3) is 0 Å². The van der Waals surface area contributed by atoms with E-state index in [2.05, 4.69) is 4.98 Å². The minimum absolute atomic E-state index is 0. The molecule has 2 N–H and O–H groups in total. The number of benzene rings is 2. The average Bonchev–Trinajstić information content (AvgIpc) is 2.81. The average molecular weight is 342 g/mol. The number of rotatable bonds is 2. The van der Waals surface area contributed by atoms with Crippen molar-refractivity contribution in [3.63, 3.8) is 0 Å². The van der Waals surface area contributed by atoms with Crippen molar-refractivity contribution in [1.29, 1.82) is 0 Å². The minimum atomic E-state index is -4.54. The molecule has 22 heavy (non-hydrogen) atoms. The van der Waals surface area contributed by atoms with Crippen molar-refractivity contribution < 1.29 is 42.5 Å². The second kappa shape index (κ2) is 6.27. The van der Waals surface area contributed by atoms with Gasteiger partial charge in [-0.15, -0.1) is 11.3 Å². The van der Waals surface area contributed by atoms with Crippen LogP contribution in [0.3, 0.4) is 0 Å². The van der Waals surface area contributed by atoms with Crippen LogP contribution in [0.15, 0.2) is 41.3 Å². The minimum Gasteiger partial charge on any atom is -0.744 e. The number of hydrogen-bond acceptors (Lipinski definition) is 6. The number of anilines is 1. The van der Waals surface area contributed by atoms with Gasteiger partial charge >= 0.3 is 29.6 Å². The van der Waals surface area contributed by atoms with Gasteiger partial charge in [-0.1, -0.05) is 6.07 Å². The fraction of sp³-hybridized carbons (Fsp3) is 0.0714. The SMILES string of the molecule is Cc1ccc2nc(-c3ccc(N)cc3)sc2c1S(=O)(=O)[O-].[Na+]. The first-order chi connectivity index (χ1) is 9.86. The van der Waals surface area contributed by atoms with Gasteiger partial charge in [-0.3, -0.25) is 0 Å². The third-order valence-corrected chi connectivity index (χ3v) is 5.41. The summed E-state index contributed by atoms with van der Waals surface area (Å²) in [5.41, 5.74) is 8.05. The van der Waals surface area contributed by atoms with Crippen molar-refractivity contribution in [1.82, 2.24) is 4.98 Å². The molecule has 0 atom stereocenters. The largest absolute Gasteiger partial charge is 1.00 e. The van der Waals surface area contributed by atoms with Crippen LogP contribution in [0.4, 0.5) is 5.69 Å². The molecule has 0 bridgehead atoms. The third kappa shape index (κ3) is 3.19. The number of nitrogen functional groups attached to an aromatic ring is 1. The molecular formula is C14H11N2NaO3S2. The molecule has 0 fully saturated rings. The molecule has 0 aliphatic rings. The van der Waals surface area contributed by atoms with Crippen LogP contribution in [0.2, 0.25) is 0 Å². The molecule has 108 valence electrons. The fourth-order valence-electron chi connectivity index (χ4n) is 2.13. The predicted molar refractivity (Wildman–Crippen MR) is 82.2 cm³/mol. The van der Waals surface area contributed by atoms with E-state index in [0.29, 0.717) is 26.5 Å².